The van der Waals surface area contributed by atoms with E-state index in [0.29, 0.717) is 16.5 Å². The minimum atomic E-state index is -1.01. The van der Waals surface area contributed by atoms with Gasteiger partial charge in [-0.2, -0.15) is 0 Å². The van der Waals surface area contributed by atoms with Gasteiger partial charge in [-0.05, 0) is 68.4 Å². The molecule has 2 aromatic carbocycles. The highest BCUT2D eigenvalue weighted by atomic mass is 79.9. The molecule has 3 nitrogen and oxygen atoms in total. The molecule has 0 aromatic heterocycles. The monoisotopic (exact) mass is 428 g/mol. The fourth-order valence-electron chi connectivity index (χ4n) is 3.90. The second kappa shape index (κ2) is 6.90. The molecule has 0 heterocycles. The van der Waals surface area contributed by atoms with Crippen molar-refractivity contribution in [1.29, 1.82) is 0 Å². The topological polar surface area (TPSA) is 54.4 Å². The Kier molecular flexibility index (Phi) is 5.06. The number of halogens is 1. The number of carbonyl (C=O) groups is 2. The van der Waals surface area contributed by atoms with E-state index in [1.165, 1.54) is 17.2 Å². The van der Waals surface area contributed by atoms with Crippen molar-refractivity contribution >= 4 is 27.7 Å². The number of carboxylic acids is 1. The van der Waals surface area contributed by atoms with Gasteiger partial charge in [0.05, 0.1) is 5.56 Å². The maximum atomic E-state index is 12.7. The Labute approximate surface area is 168 Å². The van der Waals surface area contributed by atoms with Crippen molar-refractivity contribution in [3.63, 3.8) is 0 Å². The second-order valence-electron chi connectivity index (χ2n) is 8.75. The van der Waals surface area contributed by atoms with Gasteiger partial charge < -0.3 is 5.11 Å². The smallest absolute Gasteiger partial charge is 0.336 e. The summed E-state index contributed by atoms with van der Waals surface area (Å²) in [6.07, 6.45) is 2.60. The van der Waals surface area contributed by atoms with E-state index >= 15 is 0 Å². The molecule has 27 heavy (non-hydrogen) atoms. The number of hydrogen-bond donors (Lipinski definition) is 1. The van der Waals surface area contributed by atoms with Crippen LogP contribution in [0.5, 0.6) is 0 Å². The van der Waals surface area contributed by atoms with Gasteiger partial charge in [0.2, 0.25) is 0 Å². The molecule has 1 aliphatic rings. The van der Waals surface area contributed by atoms with Crippen molar-refractivity contribution in [3.8, 4) is 0 Å². The lowest BCUT2D eigenvalue weighted by atomic mass is 9.63. The quantitative estimate of drug-likeness (QED) is 0.614. The van der Waals surface area contributed by atoms with Gasteiger partial charge in [0.1, 0.15) is 0 Å². The van der Waals surface area contributed by atoms with Gasteiger partial charge in [0.25, 0.3) is 0 Å². The maximum Gasteiger partial charge on any atom is 0.336 e. The SMILES string of the molecule is CC1(C)CCC(C)(C)c2cc(CC(=O)c3ccc(C(=O)O)c(Br)c3)ccc21. The molecule has 1 aliphatic carbocycles. The van der Waals surface area contributed by atoms with Gasteiger partial charge in [0, 0.05) is 16.5 Å². The third-order valence-corrected chi connectivity index (χ3v) is 6.46. The number of Topliss-reactive ketones (excluding diaryl/α,β-unsaturated/α-hetero) is 1. The molecule has 0 bridgehead atoms. The molecule has 4 heteroatoms. The van der Waals surface area contributed by atoms with E-state index in [9.17, 15) is 9.59 Å². The predicted molar refractivity (Wildman–Crippen MR) is 111 cm³/mol. The summed E-state index contributed by atoms with van der Waals surface area (Å²) in [7, 11) is 0. The fourth-order valence-corrected chi connectivity index (χ4v) is 4.44. The van der Waals surface area contributed by atoms with Crippen LogP contribution in [0.3, 0.4) is 0 Å². The number of carboxylic acid groups (broad SMARTS) is 1. The number of benzene rings is 2. The molecule has 0 amide bonds. The van der Waals surface area contributed by atoms with E-state index in [2.05, 4.69) is 61.8 Å². The Hall–Kier alpha value is -1.94. The predicted octanol–water partition coefficient (Wildman–Crippen LogP) is 5.92. The summed E-state index contributed by atoms with van der Waals surface area (Å²) in [6.45, 7) is 9.11. The standard InChI is InChI=1S/C23H25BrO3/c1-22(2)9-10-23(3,4)18-11-14(5-8-17(18)22)12-20(25)15-6-7-16(21(26)27)19(24)13-15/h5-8,11,13H,9-10,12H2,1-4H3,(H,26,27). The number of hydrogen-bond acceptors (Lipinski definition) is 2. The molecule has 0 radical (unpaired) electrons. The van der Waals surface area contributed by atoms with E-state index in [0.717, 1.165) is 18.4 Å². The van der Waals surface area contributed by atoms with Gasteiger partial charge in [-0.1, -0.05) is 52.0 Å². The van der Waals surface area contributed by atoms with Gasteiger partial charge in [-0.3, -0.25) is 4.79 Å². The lowest BCUT2D eigenvalue weighted by molar-refractivity contribution is 0.0695. The first-order chi connectivity index (χ1) is 12.5. The van der Waals surface area contributed by atoms with Crippen LogP contribution in [0.2, 0.25) is 0 Å². The Morgan fingerprint density at radius 2 is 1.59 bits per heavy atom. The van der Waals surface area contributed by atoms with Crippen LogP contribution in [0, 0.1) is 0 Å². The zero-order valence-corrected chi connectivity index (χ0v) is 17.8. The molecule has 142 valence electrons. The average molecular weight is 429 g/mol. The molecule has 3 rings (SSSR count). The summed E-state index contributed by atoms with van der Waals surface area (Å²) in [4.78, 5) is 23.9. The van der Waals surface area contributed by atoms with Crippen LogP contribution in [0.15, 0.2) is 40.9 Å². The van der Waals surface area contributed by atoms with Gasteiger partial charge >= 0.3 is 5.97 Å². The third kappa shape index (κ3) is 3.86. The molecule has 1 N–H and O–H groups in total. The third-order valence-electron chi connectivity index (χ3n) is 5.80. The van der Waals surface area contributed by atoms with Crippen LogP contribution < -0.4 is 0 Å². The first kappa shape index (κ1) is 19.8. The summed E-state index contributed by atoms with van der Waals surface area (Å²) in [6, 6.07) is 11.1. The van der Waals surface area contributed by atoms with Crippen molar-refractivity contribution in [3.05, 3.63) is 68.7 Å². The Morgan fingerprint density at radius 3 is 2.19 bits per heavy atom. The lowest BCUT2D eigenvalue weighted by Crippen LogP contribution is -2.33. The first-order valence-electron chi connectivity index (χ1n) is 9.21. The molecular weight excluding hydrogens is 404 g/mol. The van der Waals surface area contributed by atoms with Gasteiger partial charge in [0.15, 0.2) is 5.78 Å². The number of ketones is 1. The summed E-state index contributed by atoms with van der Waals surface area (Å²) < 4.78 is 0.425. The van der Waals surface area contributed by atoms with Gasteiger partial charge in [-0.15, -0.1) is 0 Å². The molecule has 0 spiro atoms. The van der Waals surface area contributed by atoms with Crippen molar-refractivity contribution in [2.75, 3.05) is 0 Å². The molecule has 0 atom stereocenters. The number of carbonyl (C=O) groups excluding carboxylic acids is 1. The molecular formula is C23H25BrO3. The number of fused-ring (bicyclic) bond motifs is 1. The molecule has 0 fully saturated rings. The summed E-state index contributed by atoms with van der Waals surface area (Å²) in [5.41, 5.74) is 4.66. The Morgan fingerprint density at radius 1 is 0.963 bits per heavy atom. The minimum Gasteiger partial charge on any atom is -0.478 e. The normalized spacial score (nSPS) is 17.2. The van der Waals surface area contributed by atoms with Crippen molar-refractivity contribution in [2.24, 2.45) is 0 Å². The van der Waals surface area contributed by atoms with Crippen molar-refractivity contribution in [2.45, 2.75) is 57.8 Å². The number of aromatic carboxylic acids is 1. The highest BCUT2D eigenvalue weighted by Crippen LogP contribution is 2.45. The van der Waals surface area contributed by atoms with E-state index < -0.39 is 5.97 Å². The zero-order valence-electron chi connectivity index (χ0n) is 16.2. The number of rotatable bonds is 4. The summed E-state index contributed by atoms with van der Waals surface area (Å²) in [5.74, 6) is -1.03. The summed E-state index contributed by atoms with van der Waals surface area (Å²) >= 11 is 3.25. The van der Waals surface area contributed by atoms with E-state index in [1.807, 2.05) is 0 Å². The molecule has 0 saturated heterocycles. The zero-order chi connectivity index (χ0) is 20.0. The van der Waals surface area contributed by atoms with Crippen molar-refractivity contribution < 1.29 is 14.7 Å². The van der Waals surface area contributed by atoms with E-state index in [-0.39, 0.29) is 22.2 Å². The summed E-state index contributed by atoms with van der Waals surface area (Å²) in [5, 5.41) is 9.12. The van der Waals surface area contributed by atoms with Crippen LogP contribution >= 0.6 is 15.9 Å². The van der Waals surface area contributed by atoms with Crippen molar-refractivity contribution in [1.82, 2.24) is 0 Å². The Balaban J connectivity index is 1.90. The fraction of sp³-hybridized carbons (Fsp3) is 0.391. The molecule has 0 saturated carbocycles. The van der Waals surface area contributed by atoms with Crippen LogP contribution in [0.25, 0.3) is 0 Å². The van der Waals surface area contributed by atoms with Crippen LogP contribution in [-0.2, 0) is 17.3 Å². The lowest BCUT2D eigenvalue weighted by Gasteiger charge is -2.42. The molecule has 0 aliphatic heterocycles. The highest BCUT2D eigenvalue weighted by molar-refractivity contribution is 9.10. The molecule has 0 unspecified atom stereocenters. The second-order valence-corrected chi connectivity index (χ2v) is 9.60. The maximum absolute atomic E-state index is 12.7. The van der Waals surface area contributed by atoms with Crippen LogP contribution in [0.4, 0.5) is 0 Å². The molecule has 2 aromatic rings. The van der Waals surface area contributed by atoms with E-state index in [1.54, 1.807) is 12.1 Å². The average Bonchev–Trinajstić information content (AvgIpc) is 2.58. The highest BCUT2D eigenvalue weighted by Gasteiger charge is 2.36. The van der Waals surface area contributed by atoms with Gasteiger partial charge in [-0.25, -0.2) is 4.79 Å². The first-order valence-corrected chi connectivity index (χ1v) is 10.0. The van der Waals surface area contributed by atoms with Crippen LogP contribution in [-0.4, -0.2) is 16.9 Å². The minimum absolute atomic E-state index is 0.0135. The van der Waals surface area contributed by atoms with E-state index in [4.69, 9.17) is 5.11 Å². The van der Waals surface area contributed by atoms with Crippen LogP contribution in [0.1, 0.15) is 77.9 Å². The largest absolute Gasteiger partial charge is 0.478 e. The Bertz CT molecular complexity index is 925.